The molecule has 0 aliphatic rings. The van der Waals surface area contributed by atoms with E-state index in [1.54, 1.807) is 0 Å². The predicted octanol–water partition coefficient (Wildman–Crippen LogP) is 2.71. The van der Waals surface area contributed by atoms with E-state index in [-0.39, 0.29) is 6.04 Å². The molecule has 0 spiro atoms. The zero-order chi connectivity index (χ0) is 15.5. The molecule has 21 heavy (non-hydrogen) atoms. The lowest BCUT2D eigenvalue weighted by molar-refractivity contribution is 0.0640. The Bertz CT molecular complexity index is 363. The first-order valence-electron chi connectivity index (χ1n) is 7.58. The molecule has 1 atom stereocenters. The summed E-state index contributed by atoms with van der Waals surface area (Å²) < 4.78 is 11.0. The van der Waals surface area contributed by atoms with Crippen molar-refractivity contribution in [1.82, 2.24) is 4.90 Å². The number of hydrogen-bond acceptors (Lipinski definition) is 4. The number of rotatable bonds is 11. The van der Waals surface area contributed by atoms with E-state index in [4.69, 9.17) is 26.8 Å². The summed E-state index contributed by atoms with van der Waals surface area (Å²) >= 11 is 5.96. The summed E-state index contributed by atoms with van der Waals surface area (Å²) in [6.07, 6.45) is 0. The minimum atomic E-state index is 0.156. The van der Waals surface area contributed by atoms with Crippen molar-refractivity contribution in [3.05, 3.63) is 34.9 Å². The molecule has 0 bridgehead atoms. The van der Waals surface area contributed by atoms with Crippen molar-refractivity contribution in [3.63, 3.8) is 0 Å². The lowest BCUT2D eigenvalue weighted by Crippen LogP contribution is -2.38. The monoisotopic (exact) mass is 314 g/mol. The van der Waals surface area contributed by atoms with Crippen LogP contribution in [0, 0.1) is 0 Å². The molecule has 0 saturated carbocycles. The largest absolute Gasteiger partial charge is 0.380 e. The average molecular weight is 315 g/mol. The van der Waals surface area contributed by atoms with Crippen LogP contribution in [0.2, 0.25) is 5.02 Å². The second-order valence-corrected chi connectivity index (χ2v) is 5.17. The summed E-state index contributed by atoms with van der Waals surface area (Å²) in [4.78, 5) is 2.31. The summed E-state index contributed by atoms with van der Waals surface area (Å²) in [5.41, 5.74) is 7.17. The average Bonchev–Trinajstić information content (AvgIpc) is 2.50. The van der Waals surface area contributed by atoms with Crippen molar-refractivity contribution in [2.45, 2.75) is 19.9 Å². The van der Waals surface area contributed by atoms with Crippen LogP contribution in [0.5, 0.6) is 0 Å². The van der Waals surface area contributed by atoms with Crippen LogP contribution >= 0.6 is 11.6 Å². The molecule has 0 fully saturated rings. The van der Waals surface area contributed by atoms with Gasteiger partial charge in [0, 0.05) is 43.9 Å². The molecule has 1 aromatic rings. The fraction of sp³-hybridized carbons (Fsp3) is 0.625. The van der Waals surface area contributed by atoms with Crippen LogP contribution in [-0.2, 0) is 9.47 Å². The molecule has 1 rings (SSSR count). The SMILES string of the molecule is CCOCCN(CCOCC)C(CN)c1ccc(Cl)cc1. The van der Waals surface area contributed by atoms with Gasteiger partial charge >= 0.3 is 0 Å². The normalized spacial score (nSPS) is 12.8. The molecule has 0 amide bonds. The third-order valence-corrected chi connectivity index (χ3v) is 3.62. The van der Waals surface area contributed by atoms with Crippen molar-refractivity contribution in [2.24, 2.45) is 5.73 Å². The van der Waals surface area contributed by atoms with Crippen LogP contribution < -0.4 is 5.73 Å². The Morgan fingerprint density at radius 1 is 1.05 bits per heavy atom. The fourth-order valence-electron chi connectivity index (χ4n) is 2.26. The molecule has 0 radical (unpaired) electrons. The van der Waals surface area contributed by atoms with Crippen LogP contribution in [0.1, 0.15) is 25.5 Å². The smallest absolute Gasteiger partial charge is 0.0593 e. The molecule has 2 N–H and O–H groups in total. The van der Waals surface area contributed by atoms with Gasteiger partial charge in [0.25, 0.3) is 0 Å². The van der Waals surface area contributed by atoms with Gasteiger partial charge in [-0.25, -0.2) is 0 Å². The number of nitrogens with zero attached hydrogens (tertiary/aromatic N) is 1. The first-order valence-corrected chi connectivity index (χ1v) is 7.95. The molecule has 1 unspecified atom stereocenters. The van der Waals surface area contributed by atoms with E-state index in [2.05, 4.69) is 4.90 Å². The molecular weight excluding hydrogens is 288 g/mol. The third-order valence-electron chi connectivity index (χ3n) is 3.37. The first-order chi connectivity index (χ1) is 10.2. The van der Waals surface area contributed by atoms with Crippen molar-refractivity contribution >= 4 is 11.6 Å². The molecule has 4 nitrogen and oxygen atoms in total. The van der Waals surface area contributed by atoms with Crippen molar-refractivity contribution < 1.29 is 9.47 Å². The third kappa shape index (κ3) is 6.76. The van der Waals surface area contributed by atoms with Gasteiger partial charge in [0.05, 0.1) is 13.2 Å². The van der Waals surface area contributed by atoms with Crippen LogP contribution in [0.25, 0.3) is 0 Å². The molecule has 0 aliphatic heterocycles. The first kappa shape index (κ1) is 18.4. The van der Waals surface area contributed by atoms with E-state index in [1.165, 1.54) is 5.56 Å². The van der Waals surface area contributed by atoms with Gasteiger partial charge in [-0.3, -0.25) is 4.90 Å². The lowest BCUT2D eigenvalue weighted by Gasteiger charge is -2.31. The van der Waals surface area contributed by atoms with Gasteiger partial charge in [0.2, 0.25) is 0 Å². The number of hydrogen-bond donors (Lipinski definition) is 1. The Hall–Kier alpha value is -0.650. The Kier molecular flexibility index (Phi) is 9.63. The van der Waals surface area contributed by atoms with Gasteiger partial charge in [0.1, 0.15) is 0 Å². The summed E-state index contributed by atoms with van der Waals surface area (Å²) in [5.74, 6) is 0. The van der Waals surface area contributed by atoms with Crippen molar-refractivity contribution in [2.75, 3.05) is 46.1 Å². The second-order valence-electron chi connectivity index (χ2n) is 4.73. The predicted molar refractivity (Wildman–Crippen MR) is 87.8 cm³/mol. The molecule has 0 aromatic heterocycles. The molecule has 0 heterocycles. The second kappa shape index (κ2) is 11.0. The zero-order valence-corrected chi connectivity index (χ0v) is 13.8. The fourth-order valence-corrected chi connectivity index (χ4v) is 2.38. The highest BCUT2D eigenvalue weighted by atomic mass is 35.5. The maximum atomic E-state index is 6.00. The maximum Gasteiger partial charge on any atom is 0.0593 e. The highest BCUT2D eigenvalue weighted by Crippen LogP contribution is 2.21. The Labute approximate surface area is 133 Å². The van der Waals surface area contributed by atoms with E-state index in [9.17, 15) is 0 Å². The Morgan fingerprint density at radius 3 is 2.00 bits per heavy atom. The van der Waals surface area contributed by atoms with E-state index in [0.717, 1.165) is 31.3 Å². The van der Waals surface area contributed by atoms with Crippen LogP contribution in [0.3, 0.4) is 0 Å². The lowest BCUT2D eigenvalue weighted by atomic mass is 10.1. The molecular formula is C16H27ClN2O2. The summed E-state index contributed by atoms with van der Waals surface area (Å²) in [6.45, 7) is 9.10. The van der Waals surface area contributed by atoms with Crippen LogP contribution in [0.4, 0.5) is 0 Å². The molecule has 5 heteroatoms. The quantitative estimate of drug-likeness (QED) is 0.638. The minimum Gasteiger partial charge on any atom is -0.380 e. The summed E-state index contributed by atoms with van der Waals surface area (Å²) in [5, 5.41) is 0.740. The van der Waals surface area contributed by atoms with Gasteiger partial charge in [-0.1, -0.05) is 23.7 Å². The van der Waals surface area contributed by atoms with E-state index in [1.807, 2.05) is 38.1 Å². The standard InChI is InChI=1S/C16H27ClN2O2/c1-3-20-11-9-19(10-12-21-4-2)16(13-18)14-5-7-15(17)8-6-14/h5-8,16H,3-4,9-13,18H2,1-2H3. The molecule has 1 aromatic carbocycles. The van der Waals surface area contributed by atoms with Crippen LogP contribution in [0.15, 0.2) is 24.3 Å². The van der Waals surface area contributed by atoms with Crippen molar-refractivity contribution in [3.8, 4) is 0 Å². The van der Waals surface area contributed by atoms with E-state index < -0.39 is 0 Å². The summed E-state index contributed by atoms with van der Waals surface area (Å²) in [6, 6.07) is 8.04. The number of halogens is 1. The highest BCUT2D eigenvalue weighted by molar-refractivity contribution is 6.30. The number of ether oxygens (including phenoxy) is 2. The van der Waals surface area contributed by atoms with Crippen molar-refractivity contribution in [1.29, 1.82) is 0 Å². The minimum absolute atomic E-state index is 0.156. The number of nitrogens with two attached hydrogens (primary N) is 1. The molecule has 0 aliphatic carbocycles. The van der Waals surface area contributed by atoms with E-state index >= 15 is 0 Å². The van der Waals surface area contributed by atoms with E-state index in [0.29, 0.717) is 19.8 Å². The van der Waals surface area contributed by atoms with Gasteiger partial charge in [-0.15, -0.1) is 0 Å². The topological polar surface area (TPSA) is 47.7 Å². The van der Waals surface area contributed by atoms with Gasteiger partial charge < -0.3 is 15.2 Å². The Balaban J connectivity index is 2.72. The summed E-state index contributed by atoms with van der Waals surface area (Å²) in [7, 11) is 0. The van der Waals surface area contributed by atoms with Gasteiger partial charge in [-0.2, -0.15) is 0 Å². The molecule has 0 saturated heterocycles. The zero-order valence-electron chi connectivity index (χ0n) is 13.1. The van der Waals surface area contributed by atoms with Gasteiger partial charge in [-0.05, 0) is 31.5 Å². The highest BCUT2D eigenvalue weighted by Gasteiger charge is 2.18. The number of benzene rings is 1. The molecule has 120 valence electrons. The van der Waals surface area contributed by atoms with Crippen LogP contribution in [-0.4, -0.2) is 51.0 Å². The maximum absolute atomic E-state index is 6.00. The Morgan fingerprint density at radius 2 is 1.57 bits per heavy atom. The van der Waals surface area contributed by atoms with Gasteiger partial charge in [0.15, 0.2) is 0 Å².